The standard InChI is InChI=1S/C21H16N.C10H7N2.Ir/c1-2-11-22-19(6-1)18-12-16-9-7-14-4-3-5-15-8-10-17(13-18)21(16)20(14)15;1-2-6-12-10(3-1)9-4-7-11-8-5-9;/h1-6,11-12H,7-10H2;1-4,6-8H;/q2*-1;. The molecular weight excluding hydrogens is 607 g/mol. The van der Waals surface area contributed by atoms with Crippen LogP contribution in [0, 0.1) is 12.1 Å². The Bertz CT molecular complexity index is 1350. The maximum atomic E-state index is 4.50. The topological polar surface area (TPSA) is 38.7 Å². The van der Waals surface area contributed by atoms with Crippen LogP contribution in [0.2, 0.25) is 0 Å². The van der Waals surface area contributed by atoms with Gasteiger partial charge in [0.1, 0.15) is 0 Å². The maximum Gasteiger partial charge on any atom is 0.0160 e. The molecule has 2 aliphatic carbocycles. The van der Waals surface area contributed by atoms with Crippen molar-refractivity contribution >= 4 is 0 Å². The Labute approximate surface area is 219 Å². The molecule has 0 saturated heterocycles. The van der Waals surface area contributed by atoms with E-state index in [2.05, 4.69) is 63.5 Å². The zero-order valence-corrected chi connectivity index (χ0v) is 21.6. The average Bonchev–Trinajstić information content (AvgIpc) is 2.93. The second kappa shape index (κ2) is 10.4. The predicted octanol–water partition coefficient (Wildman–Crippen LogP) is 6.35. The Morgan fingerprint density at radius 3 is 1.94 bits per heavy atom. The molecule has 3 aromatic heterocycles. The van der Waals surface area contributed by atoms with Crippen molar-refractivity contribution in [3.63, 3.8) is 0 Å². The summed E-state index contributed by atoms with van der Waals surface area (Å²) in [5.74, 6) is 0. The summed E-state index contributed by atoms with van der Waals surface area (Å²) in [5, 5.41) is 0. The molecule has 0 fully saturated rings. The van der Waals surface area contributed by atoms with Crippen molar-refractivity contribution in [1.82, 2.24) is 15.0 Å². The third-order valence-corrected chi connectivity index (χ3v) is 6.53. The Morgan fingerprint density at radius 1 is 0.600 bits per heavy atom. The van der Waals surface area contributed by atoms with E-state index in [0.717, 1.165) is 48.2 Å². The van der Waals surface area contributed by atoms with Gasteiger partial charge in [-0.1, -0.05) is 53.6 Å². The van der Waals surface area contributed by atoms with Crippen LogP contribution >= 0.6 is 0 Å². The summed E-state index contributed by atoms with van der Waals surface area (Å²) < 4.78 is 0. The van der Waals surface area contributed by atoms with E-state index in [9.17, 15) is 0 Å². The monoisotopic (exact) mass is 630 g/mol. The van der Waals surface area contributed by atoms with Crippen molar-refractivity contribution in [2.45, 2.75) is 25.7 Å². The van der Waals surface area contributed by atoms with E-state index in [4.69, 9.17) is 0 Å². The number of nitrogens with zero attached hydrogens (tertiary/aromatic N) is 3. The summed E-state index contributed by atoms with van der Waals surface area (Å²) in [4.78, 5) is 12.6. The Hall–Kier alpha value is -3.46. The number of hydrogen-bond acceptors (Lipinski definition) is 3. The molecule has 7 rings (SSSR count). The molecule has 2 aliphatic rings. The minimum atomic E-state index is 0. The number of benzene rings is 2. The van der Waals surface area contributed by atoms with Gasteiger partial charge in [0.05, 0.1) is 0 Å². The Morgan fingerprint density at radius 2 is 1.29 bits per heavy atom. The van der Waals surface area contributed by atoms with Crippen LogP contribution in [0.5, 0.6) is 0 Å². The molecule has 4 heteroatoms. The third kappa shape index (κ3) is 4.73. The smallest absolute Gasteiger partial charge is 0.0160 e. The fraction of sp³-hybridized carbons (Fsp3) is 0.129. The van der Waals surface area contributed by atoms with Gasteiger partial charge in [0.25, 0.3) is 0 Å². The first-order chi connectivity index (χ1) is 16.9. The molecule has 0 aliphatic heterocycles. The SMILES string of the molecule is [Ir].[c-]1c(-c2ccccn2)cc2c3c1CCc1cccc(c1-3)CC2.[c-]1cnccc1-c1ccccn1. The van der Waals surface area contributed by atoms with E-state index in [1.54, 1.807) is 18.6 Å². The first-order valence-corrected chi connectivity index (χ1v) is 11.7. The van der Waals surface area contributed by atoms with Crippen molar-refractivity contribution in [2.75, 3.05) is 0 Å². The molecule has 0 spiro atoms. The fourth-order valence-electron chi connectivity index (χ4n) is 4.97. The molecule has 35 heavy (non-hydrogen) atoms. The third-order valence-electron chi connectivity index (χ3n) is 6.53. The van der Waals surface area contributed by atoms with Crippen molar-refractivity contribution in [3.05, 3.63) is 126 Å². The van der Waals surface area contributed by atoms with Crippen LogP contribution in [0.1, 0.15) is 22.3 Å². The van der Waals surface area contributed by atoms with Crippen LogP contribution in [-0.2, 0) is 45.8 Å². The number of hydrogen-bond donors (Lipinski definition) is 0. The van der Waals surface area contributed by atoms with Crippen molar-refractivity contribution in [1.29, 1.82) is 0 Å². The van der Waals surface area contributed by atoms with Crippen LogP contribution in [0.25, 0.3) is 33.6 Å². The number of aryl methyl sites for hydroxylation is 4. The molecule has 0 amide bonds. The average molecular weight is 630 g/mol. The Balaban J connectivity index is 0.000000167. The van der Waals surface area contributed by atoms with E-state index in [1.165, 1.54) is 33.4 Å². The van der Waals surface area contributed by atoms with E-state index in [1.807, 2.05) is 36.5 Å². The van der Waals surface area contributed by atoms with E-state index >= 15 is 0 Å². The molecule has 1 radical (unpaired) electrons. The normalized spacial score (nSPS) is 12.5. The summed E-state index contributed by atoms with van der Waals surface area (Å²) in [5.41, 5.74) is 13.0. The van der Waals surface area contributed by atoms with Gasteiger partial charge in [-0.05, 0) is 72.7 Å². The maximum absolute atomic E-state index is 4.50. The minimum Gasteiger partial charge on any atom is -0.321 e. The van der Waals surface area contributed by atoms with Crippen LogP contribution < -0.4 is 0 Å². The zero-order chi connectivity index (χ0) is 22.7. The fourth-order valence-corrected chi connectivity index (χ4v) is 4.97. The summed E-state index contributed by atoms with van der Waals surface area (Å²) in [6.07, 6.45) is 11.5. The van der Waals surface area contributed by atoms with Gasteiger partial charge in [-0.2, -0.15) is 11.6 Å². The zero-order valence-electron chi connectivity index (χ0n) is 19.2. The molecule has 0 atom stereocenters. The quantitative estimate of drug-likeness (QED) is 0.214. The van der Waals surface area contributed by atoms with Crippen molar-refractivity contribution in [3.8, 4) is 33.6 Å². The molecule has 0 unspecified atom stereocenters. The van der Waals surface area contributed by atoms with E-state index in [-0.39, 0.29) is 20.1 Å². The molecule has 173 valence electrons. The van der Waals surface area contributed by atoms with Gasteiger partial charge < -0.3 is 9.97 Å². The van der Waals surface area contributed by atoms with E-state index < -0.39 is 0 Å². The minimum absolute atomic E-state index is 0. The van der Waals surface area contributed by atoms with Gasteiger partial charge in [-0.25, -0.2) is 0 Å². The summed E-state index contributed by atoms with van der Waals surface area (Å²) in [6, 6.07) is 29.6. The first kappa shape index (κ1) is 23.3. The molecule has 3 nitrogen and oxygen atoms in total. The van der Waals surface area contributed by atoms with Gasteiger partial charge in [0.2, 0.25) is 0 Å². The van der Waals surface area contributed by atoms with Gasteiger partial charge in [-0.15, -0.1) is 34.9 Å². The van der Waals surface area contributed by atoms with Gasteiger partial charge in [0, 0.05) is 32.5 Å². The first-order valence-electron chi connectivity index (χ1n) is 11.7. The summed E-state index contributed by atoms with van der Waals surface area (Å²) >= 11 is 0. The predicted molar refractivity (Wildman–Crippen MR) is 135 cm³/mol. The second-order valence-electron chi connectivity index (χ2n) is 8.59. The molecule has 2 aromatic carbocycles. The summed E-state index contributed by atoms with van der Waals surface area (Å²) in [7, 11) is 0. The van der Waals surface area contributed by atoms with Gasteiger partial charge in [0.15, 0.2) is 0 Å². The summed E-state index contributed by atoms with van der Waals surface area (Å²) in [6.45, 7) is 0. The van der Waals surface area contributed by atoms with Gasteiger partial charge in [-0.3, -0.25) is 4.98 Å². The van der Waals surface area contributed by atoms with Crippen molar-refractivity contribution < 1.29 is 20.1 Å². The van der Waals surface area contributed by atoms with E-state index in [0.29, 0.717) is 0 Å². The molecule has 3 heterocycles. The molecule has 0 N–H and O–H groups in total. The van der Waals surface area contributed by atoms with Crippen LogP contribution in [-0.4, -0.2) is 15.0 Å². The number of pyridine rings is 3. The molecule has 5 aromatic rings. The number of rotatable bonds is 2. The Kier molecular flexibility index (Phi) is 6.94. The number of aromatic nitrogens is 3. The van der Waals surface area contributed by atoms with Crippen LogP contribution in [0.3, 0.4) is 0 Å². The molecular formula is C31H23IrN3-2. The van der Waals surface area contributed by atoms with Gasteiger partial charge >= 0.3 is 0 Å². The molecule has 0 bridgehead atoms. The van der Waals surface area contributed by atoms with Crippen molar-refractivity contribution in [2.24, 2.45) is 0 Å². The van der Waals surface area contributed by atoms with Crippen LogP contribution in [0.4, 0.5) is 0 Å². The molecule has 0 saturated carbocycles. The second-order valence-corrected chi connectivity index (χ2v) is 8.59. The van der Waals surface area contributed by atoms with Crippen LogP contribution in [0.15, 0.2) is 91.5 Å². The largest absolute Gasteiger partial charge is 0.321 e.